The maximum Gasteiger partial charge on any atom is 0.251 e. The second kappa shape index (κ2) is 7.47. The van der Waals surface area contributed by atoms with Gasteiger partial charge in [-0.15, -0.1) is 0 Å². The highest BCUT2D eigenvalue weighted by atomic mass is 32.2. The van der Waals surface area contributed by atoms with Crippen molar-refractivity contribution in [2.75, 3.05) is 14.2 Å². The lowest BCUT2D eigenvalue weighted by molar-refractivity contribution is 0.0951. The zero-order valence-electron chi connectivity index (χ0n) is 14.8. The van der Waals surface area contributed by atoms with Gasteiger partial charge in [0, 0.05) is 25.2 Å². The molecule has 2 aromatic rings. The summed E-state index contributed by atoms with van der Waals surface area (Å²) in [5, 5.41) is 2.87. The Morgan fingerprint density at radius 2 is 1.88 bits per heavy atom. The fourth-order valence-corrected chi connectivity index (χ4v) is 3.95. The van der Waals surface area contributed by atoms with Crippen molar-refractivity contribution in [2.45, 2.75) is 30.3 Å². The first-order valence-electron chi connectivity index (χ1n) is 8.41. The molecule has 0 spiro atoms. The van der Waals surface area contributed by atoms with Crippen molar-refractivity contribution in [3.05, 3.63) is 59.7 Å². The van der Waals surface area contributed by atoms with Crippen molar-refractivity contribution in [3.8, 4) is 5.75 Å². The van der Waals surface area contributed by atoms with E-state index < -0.39 is 10.0 Å². The molecule has 0 saturated heterocycles. The van der Waals surface area contributed by atoms with Crippen LogP contribution in [0.15, 0.2) is 53.4 Å². The topological polar surface area (TPSA) is 75.7 Å². The molecule has 138 valence electrons. The van der Waals surface area contributed by atoms with Crippen LogP contribution in [0.2, 0.25) is 0 Å². The van der Waals surface area contributed by atoms with Gasteiger partial charge in [0.1, 0.15) is 10.6 Å². The van der Waals surface area contributed by atoms with Gasteiger partial charge in [0.2, 0.25) is 10.0 Å². The average molecular weight is 374 g/mol. The number of nitrogens with one attached hydrogen (secondary N) is 1. The third kappa shape index (κ3) is 4.05. The van der Waals surface area contributed by atoms with Crippen LogP contribution in [-0.4, -0.2) is 38.8 Å². The van der Waals surface area contributed by atoms with Gasteiger partial charge in [-0.3, -0.25) is 4.79 Å². The van der Waals surface area contributed by atoms with Crippen LogP contribution in [0.5, 0.6) is 5.75 Å². The van der Waals surface area contributed by atoms with Gasteiger partial charge in [0.25, 0.3) is 5.91 Å². The highest BCUT2D eigenvalue weighted by Gasteiger charge is 2.28. The number of hydrogen-bond donors (Lipinski definition) is 1. The summed E-state index contributed by atoms with van der Waals surface area (Å²) >= 11 is 0. The number of nitrogens with zero attached hydrogens (tertiary/aromatic N) is 1. The fourth-order valence-electron chi connectivity index (χ4n) is 2.61. The Morgan fingerprint density at radius 1 is 1.19 bits per heavy atom. The Hall–Kier alpha value is -2.38. The maximum atomic E-state index is 13.0. The molecule has 0 bridgehead atoms. The Kier molecular flexibility index (Phi) is 5.29. The summed E-state index contributed by atoms with van der Waals surface area (Å²) in [4.78, 5) is 12.3. The molecular formula is C19H22N2O4S. The Balaban J connectivity index is 1.90. The second-order valence-corrected chi connectivity index (χ2v) is 8.37. The third-order valence-corrected chi connectivity index (χ3v) is 6.10. The number of sulfonamides is 1. The van der Waals surface area contributed by atoms with E-state index in [1.165, 1.54) is 30.6 Å². The summed E-state index contributed by atoms with van der Waals surface area (Å²) in [6, 6.07) is 14.0. The summed E-state index contributed by atoms with van der Waals surface area (Å²) in [5.41, 5.74) is 1.18. The molecule has 1 fully saturated rings. The van der Waals surface area contributed by atoms with Gasteiger partial charge in [-0.05, 0) is 36.6 Å². The summed E-state index contributed by atoms with van der Waals surface area (Å²) in [6.07, 6.45) is 1.93. The van der Waals surface area contributed by atoms with E-state index in [0.717, 1.165) is 18.4 Å². The molecular weight excluding hydrogens is 352 g/mol. The molecule has 1 N–H and O–H groups in total. The summed E-state index contributed by atoms with van der Waals surface area (Å²) in [5.74, 6) is -0.0507. The molecule has 6 nitrogen and oxygen atoms in total. The van der Waals surface area contributed by atoms with Gasteiger partial charge in [-0.2, -0.15) is 4.31 Å². The quantitative estimate of drug-likeness (QED) is 0.807. The minimum atomic E-state index is -3.82. The van der Waals surface area contributed by atoms with Crippen LogP contribution >= 0.6 is 0 Å². The Bertz CT molecular complexity index is 893. The standard InChI is InChI=1S/C19H22N2O4S/c1-21(13-14-6-4-3-5-7-14)26(23,24)18-12-15(8-11-17(18)25-2)19(22)20-16-9-10-16/h3-8,11-12,16H,9-10,13H2,1-2H3,(H,20,22). The van der Waals surface area contributed by atoms with Gasteiger partial charge in [-0.1, -0.05) is 30.3 Å². The number of benzene rings is 2. The molecule has 0 aromatic heterocycles. The van der Waals surface area contributed by atoms with Crippen LogP contribution < -0.4 is 10.1 Å². The summed E-state index contributed by atoms with van der Waals surface area (Å²) < 4.78 is 32.6. The Labute approximate surface area is 153 Å². The van der Waals surface area contributed by atoms with Crippen molar-refractivity contribution < 1.29 is 17.9 Å². The van der Waals surface area contributed by atoms with E-state index in [0.29, 0.717) is 5.56 Å². The second-order valence-electron chi connectivity index (χ2n) is 6.36. The first-order valence-corrected chi connectivity index (χ1v) is 9.85. The van der Waals surface area contributed by atoms with E-state index in [2.05, 4.69) is 5.32 Å². The molecule has 1 aliphatic carbocycles. The molecule has 3 rings (SSSR count). The molecule has 7 heteroatoms. The van der Waals surface area contributed by atoms with Gasteiger partial charge in [0.15, 0.2) is 0 Å². The minimum Gasteiger partial charge on any atom is -0.495 e. The molecule has 2 aromatic carbocycles. The van der Waals surface area contributed by atoms with Crippen LogP contribution in [0.3, 0.4) is 0 Å². The van der Waals surface area contributed by atoms with E-state index in [1.54, 1.807) is 6.07 Å². The number of rotatable bonds is 7. The maximum absolute atomic E-state index is 13.0. The van der Waals surface area contributed by atoms with Crippen molar-refractivity contribution in [1.82, 2.24) is 9.62 Å². The monoisotopic (exact) mass is 374 g/mol. The minimum absolute atomic E-state index is 0.0121. The van der Waals surface area contributed by atoms with Gasteiger partial charge >= 0.3 is 0 Å². The third-order valence-electron chi connectivity index (χ3n) is 4.27. The van der Waals surface area contributed by atoms with Crippen LogP contribution in [0.1, 0.15) is 28.8 Å². The van der Waals surface area contributed by atoms with Gasteiger partial charge in [0.05, 0.1) is 7.11 Å². The van der Waals surface area contributed by atoms with E-state index in [1.807, 2.05) is 30.3 Å². The number of amides is 1. The fraction of sp³-hybridized carbons (Fsp3) is 0.316. The predicted octanol–water partition coefficient (Wildman–Crippen LogP) is 2.41. The molecule has 26 heavy (non-hydrogen) atoms. The van der Waals surface area contributed by atoms with E-state index in [9.17, 15) is 13.2 Å². The average Bonchev–Trinajstić information content (AvgIpc) is 3.45. The molecule has 0 atom stereocenters. The smallest absolute Gasteiger partial charge is 0.251 e. The normalized spacial score (nSPS) is 14.3. The first kappa shape index (κ1) is 18.4. The molecule has 1 aliphatic rings. The van der Waals surface area contributed by atoms with Crippen LogP contribution in [0, 0.1) is 0 Å². The number of ether oxygens (including phenoxy) is 1. The lowest BCUT2D eigenvalue weighted by Gasteiger charge is -2.19. The van der Waals surface area contributed by atoms with Crippen molar-refractivity contribution in [3.63, 3.8) is 0 Å². The van der Waals surface area contributed by atoms with E-state index >= 15 is 0 Å². The zero-order chi connectivity index (χ0) is 18.7. The molecule has 0 heterocycles. The SMILES string of the molecule is COc1ccc(C(=O)NC2CC2)cc1S(=O)(=O)N(C)Cc1ccccc1. The zero-order valence-corrected chi connectivity index (χ0v) is 15.6. The van der Waals surface area contributed by atoms with E-state index in [-0.39, 0.29) is 29.1 Å². The lowest BCUT2D eigenvalue weighted by Crippen LogP contribution is -2.28. The Morgan fingerprint density at radius 3 is 2.50 bits per heavy atom. The number of hydrogen-bond acceptors (Lipinski definition) is 4. The molecule has 1 amide bonds. The summed E-state index contributed by atoms with van der Waals surface area (Å²) in [6.45, 7) is 0.227. The lowest BCUT2D eigenvalue weighted by atomic mass is 10.2. The predicted molar refractivity (Wildman–Crippen MR) is 98.6 cm³/mol. The summed E-state index contributed by atoms with van der Waals surface area (Å²) in [7, 11) is -0.896. The number of carbonyl (C=O) groups is 1. The molecule has 1 saturated carbocycles. The van der Waals surface area contributed by atoms with Gasteiger partial charge < -0.3 is 10.1 Å². The molecule has 0 aliphatic heterocycles. The van der Waals surface area contributed by atoms with Crippen molar-refractivity contribution in [2.24, 2.45) is 0 Å². The van der Waals surface area contributed by atoms with E-state index in [4.69, 9.17) is 4.74 Å². The highest BCUT2D eigenvalue weighted by molar-refractivity contribution is 7.89. The molecule has 0 unspecified atom stereocenters. The largest absolute Gasteiger partial charge is 0.495 e. The van der Waals surface area contributed by atoms with Crippen LogP contribution in [0.4, 0.5) is 0 Å². The number of carbonyl (C=O) groups excluding carboxylic acids is 1. The highest BCUT2D eigenvalue weighted by Crippen LogP contribution is 2.28. The number of methoxy groups -OCH3 is 1. The van der Waals surface area contributed by atoms with Crippen molar-refractivity contribution >= 4 is 15.9 Å². The van der Waals surface area contributed by atoms with Crippen molar-refractivity contribution in [1.29, 1.82) is 0 Å². The van der Waals surface area contributed by atoms with Gasteiger partial charge in [-0.25, -0.2) is 8.42 Å². The van der Waals surface area contributed by atoms with Crippen LogP contribution in [-0.2, 0) is 16.6 Å². The first-order chi connectivity index (χ1) is 12.4. The molecule has 0 radical (unpaired) electrons. The van der Waals surface area contributed by atoms with Crippen LogP contribution in [0.25, 0.3) is 0 Å².